The van der Waals surface area contributed by atoms with Crippen molar-refractivity contribution in [1.29, 1.82) is 0 Å². The number of amides is 1. The molecule has 3 heterocycles. The molecule has 1 amide bonds. The summed E-state index contributed by atoms with van der Waals surface area (Å²) in [6.07, 6.45) is 5.80. The van der Waals surface area contributed by atoms with Crippen LogP contribution in [0.5, 0.6) is 11.5 Å². The number of carbonyl (C=O) groups excluding carboxylic acids is 1. The van der Waals surface area contributed by atoms with Crippen LogP contribution in [0.3, 0.4) is 0 Å². The van der Waals surface area contributed by atoms with Crippen LogP contribution in [0.15, 0.2) is 75.2 Å². The van der Waals surface area contributed by atoms with Gasteiger partial charge in [0.15, 0.2) is 5.17 Å². The lowest BCUT2D eigenvalue weighted by Gasteiger charge is -2.43. The monoisotopic (exact) mass is 543 g/mol. The van der Waals surface area contributed by atoms with E-state index in [4.69, 9.17) is 18.9 Å². The number of amidine groups is 1. The van der Waals surface area contributed by atoms with Crippen LogP contribution >= 0.6 is 11.8 Å². The summed E-state index contributed by atoms with van der Waals surface area (Å²) in [5, 5.41) is 0.583. The van der Waals surface area contributed by atoms with Crippen LogP contribution in [0.25, 0.3) is 11.6 Å². The lowest BCUT2D eigenvalue weighted by Crippen LogP contribution is -2.44. The number of benzene rings is 2. The zero-order valence-electron chi connectivity index (χ0n) is 23.1. The summed E-state index contributed by atoms with van der Waals surface area (Å²) in [6.45, 7) is 9.89. The standard InChI is InChI=1S/C31H33N3O4S/c1-7-34-26-17-27(37-6)21(15-25(26)20(2)18-31(34,3)4)16-28-29(35)33(19-24-9-8-14-38-24)30(39-28)32-22-10-12-23(36-5)13-11-22/h8-18H,7,19H2,1-6H3/b28-16+,32-30?. The lowest BCUT2D eigenvalue weighted by atomic mass is 9.87. The van der Waals surface area contributed by atoms with Gasteiger partial charge in [0.1, 0.15) is 17.3 Å². The minimum atomic E-state index is -0.132. The van der Waals surface area contributed by atoms with Crippen molar-refractivity contribution in [2.24, 2.45) is 4.99 Å². The molecular formula is C31H33N3O4S. The van der Waals surface area contributed by atoms with E-state index >= 15 is 0 Å². The lowest BCUT2D eigenvalue weighted by molar-refractivity contribution is -0.122. The van der Waals surface area contributed by atoms with Gasteiger partial charge in [0.25, 0.3) is 5.91 Å². The Morgan fingerprint density at radius 3 is 2.51 bits per heavy atom. The number of thioether (sulfide) groups is 1. The summed E-state index contributed by atoms with van der Waals surface area (Å²) < 4.78 is 16.6. The van der Waals surface area contributed by atoms with E-state index in [9.17, 15) is 4.79 Å². The van der Waals surface area contributed by atoms with Gasteiger partial charge in [0.2, 0.25) is 0 Å². The molecular weight excluding hydrogens is 510 g/mol. The number of fused-ring (bicyclic) bond motifs is 1. The second-order valence-corrected chi connectivity index (χ2v) is 11.0. The molecule has 0 spiro atoms. The third-order valence-electron chi connectivity index (χ3n) is 7.01. The number of carbonyl (C=O) groups is 1. The van der Waals surface area contributed by atoms with Gasteiger partial charge in [0, 0.05) is 29.4 Å². The average Bonchev–Trinajstić information content (AvgIpc) is 3.53. The number of nitrogens with zero attached hydrogens (tertiary/aromatic N) is 3. The highest BCUT2D eigenvalue weighted by Crippen LogP contribution is 2.44. The van der Waals surface area contributed by atoms with E-state index in [1.807, 2.05) is 42.5 Å². The maximum absolute atomic E-state index is 13.7. The molecule has 5 rings (SSSR count). The van der Waals surface area contributed by atoms with E-state index in [0.717, 1.165) is 40.5 Å². The van der Waals surface area contributed by atoms with Gasteiger partial charge in [-0.1, -0.05) is 6.08 Å². The smallest absolute Gasteiger partial charge is 0.267 e. The molecule has 202 valence electrons. The first-order valence-corrected chi connectivity index (χ1v) is 13.7. The van der Waals surface area contributed by atoms with Crippen molar-refractivity contribution in [3.05, 3.63) is 82.7 Å². The number of aliphatic imine (C=N–C) groups is 1. The maximum Gasteiger partial charge on any atom is 0.267 e. The van der Waals surface area contributed by atoms with Crippen molar-refractivity contribution in [2.45, 2.75) is 39.8 Å². The summed E-state index contributed by atoms with van der Waals surface area (Å²) in [5.41, 5.74) is 4.94. The predicted molar refractivity (Wildman–Crippen MR) is 159 cm³/mol. The third-order valence-corrected chi connectivity index (χ3v) is 8.02. The number of rotatable bonds is 7. The fourth-order valence-corrected chi connectivity index (χ4v) is 6.17. The molecule has 0 radical (unpaired) electrons. The van der Waals surface area contributed by atoms with Crippen molar-refractivity contribution < 1.29 is 18.7 Å². The first-order valence-electron chi connectivity index (χ1n) is 12.9. The normalized spacial score (nSPS) is 18.5. The highest BCUT2D eigenvalue weighted by Gasteiger charge is 2.35. The zero-order chi connectivity index (χ0) is 27.7. The van der Waals surface area contributed by atoms with E-state index in [0.29, 0.717) is 15.8 Å². The Labute approximate surface area is 233 Å². The Balaban J connectivity index is 1.56. The molecule has 0 N–H and O–H groups in total. The van der Waals surface area contributed by atoms with E-state index in [2.05, 4.69) is 50.8 Å². The number of likely N-dealkylation sites (N-methyl/N-ethyl adjacent to an activating group) is 1. The van der Waals surface area contributed by atoms with Gasteiger partial charge in [-0.2, -0.15) is 0 Å². The van der Waals surface area contributed by atoms with Gasteiger partial charge in [-0.25, -0.2) is 4.99 Å². The summed E-state index contributed by atoms with van der Waals surface area (Å²) in [6, 6.07) is 15.3. The molecule has 2 aliphatic rings. The molecule has 2 aromatic carbocycles. The Morgan fingerprint density at radius 2 is 1.87 bits per heavy atom. The maximum atomic E-state index is 13.7. The molecule has 7 nitrogen and oxygen atoms in total. The fourth-order valence-electron chi connectivity index (χ4n) is 5.19. The highest BCUT2D eigenvalue weighted by molar-refractivity contribution is 8.18. The molecule has 39 heavy (non-hydrogen) atoms. The van der Waals surface area contributed by atoms with Crippen molar-refractivity contribution in [3.63, 3.8) is 0 Å². The molecule has 0 saturated carbocycles. The second kappa shape index (κ2) is 10.7. The molecule has 0 atom stereocenters. The van der Waals surface area contributed by atoms with Gasteiger partial charge in [-0.05, 0) is 93.6 Å². The zero-order valence-corrected chi connectivity index (χ0v) is 24.0. The summed E-state index contributed by atoms with van der Waals surface area (Å²) in [4.78, 5) is 23.1. The average molecular weight is 544 g/mol. The van der Waals surface area contributed by atoms with Gasteiger partial charge in [-0.3, -0.25) is 9.69 Å². The fraction of sp³-hybridized carbons (Fsp3) is 0.290. The molecule has 1 saturated heterocycles. The molecule has 0 unspecified atom stereocenters. The van der Waals surface area contributed by atoms with Crippen molar-refractivity contribution in [3.8, 4) is 11.5 Å². The topological polar surface area (TPSA) is 67.5 Å². The Bertz CT molecular complexity index is 1470. The first-order chi connectivity index (χ1) is 18.7. The summed E-state index contributed by atoms with van der Waals surface area (Å²) in [5.74, 6) is 2.02. The summed E-state index contributed by atoms with van der Waals surface area (Å²) in [7, 11) is 3.29. The van der Waals surface area contributed by atoms with Crippen molar-refractivity contribution in [1.82, 2.24) is 4.90 Å². The van der Waals surface area contributed by atoms with Crippen molar-refractivity contribution >= 4 is 45.9 Å². The molecule has 1 aromatic heterocycles. The SMILES string of the molecule is CCN1c2cc(OC)c(/C=C3/SC(=Nc4ccc(OC)cc4)N(Cc4ccco4)C3=O)cc2C(C)=CC1(C)C. The number of furan rings is 1. The minimum absolute atomic E-state index is 0.104. The Morgan fingerprint density at radius 1 is 1.10 bits per heavy atom. The molecule has 1 fully saturated rings. The third kappa shape index (κ3) is 5.21. The van der Waals surface area contributed by atoms with E-state index in [1.54, 1.807) is 25.4 Å². The van der Waals surface area contributed by atoms with E-state index in [1.165, 1.54) is 17.3 Å². The van der Waals surface area contributed by atoms with Crippen molar-refractivity contribution in [2.75, 3.05) is 25.7 Å². The quantitative estimate of drug-likeness (QED) is 0.296. The van der Waals surface area contributed by atoms with E-state index in [-0.39, 0.29) is 18.0 Å². The van der Waals surface area contributed by atoms with Gasteiger partial charge < -0.3 is 18.8 Å². The number of allylic oxidation sites excluding steroid dienone is 1. The van der Waals surface area contributed by atoms with Crippen LogP contribution in [0.4, 0.5) is 11.4 Å². The van der Waals surface area contributed by atoms with Crippen LogP contribution in [0.1, 0.15) is 44.6 Å². The number of ether oxygens (including phenoxy) is 2. The molecule has 3 aromatic rings. The van der Waals surface area contributed by atoms with E-state index < -0.39 is 0 Å². The van der Waals surface area contributed by atoms with Crippen LogP contribution in [-0.2, 0) is 11.3 Å². The molecule has 0 bridgehead atoms. The van der Waals surface area contributed by atoms with Crippen LogP contribution in [-0.4, -0.2) is 42.3 Å². The van der Waals surface area contributed by atoms with Gasteiger partial charge >= 0.3 is 0 Å². The highest BCUT2D eigenvalue weighted by atomic mass is 32.2. The number of hydrogen-bond donors (Lipinski definition) is 0. The second-order valence-electron chi connectivity index (χ2n) is 10.0. The minimum Gasteiger partial charge on any atom is -0.497 e. The molecule has 2 aliphatic heterocycles. The predicted octanol–water partition coefficient (Wildman–Crippen LogP) is 7.12. The summed E-state index contributed by atoms with van der Waals surface area (Å²) >= 11 is 1.34. The largest absolute Gasteiger partial charge is 0.497 e. The Kier molecular flexibility index (Phi) is 7.32. The van der Waals surface area contributed by atoms with Crippen LogP contribution in [0.2, 0.25) is 0 Å². The molecule has 0 aliphatic carbocycles. The number of hydrogen-bond acceptors (Lipinski definition) is 7. The van der Waals surface area contributed by atoms with Crippen LogP contribution < -0.4 is 14.4 Å². The number of anilines is 1. The first kappa shape index (κ1) is 26.7. The van der Waals surface area contributed by atoms with Gasteiger partial charge in [0.05, 0.1) is 43.2 Å². The van der Waals surface area contributed by atoms with Crippen LogP contribution in [0, 0.1) is 0 Å². The molecule has 8 heteroatoms. The Hall–Kier alpha value is -3.91. The van der Waals surface area contributed by atoms with Gasteiger partial charge in [-0.15, -0.1) is 0 Å². The number of methoxy groups -OCH3 is 2.